The van der Waals surface area contributed by atoms with E-state index in [-0.39, 0.29) is 23.5 Å². The van der Waals surface area contributed by atoms with Gasteiger partial charge in [-0.05, 0) is 55.0 Å². The molecule has 2 aliphatic rings. The third-order valence-corrected chi connectivity index (χ3v) is 7.79. The highest BCUT2D eigenvalue weighted by Gasteiger charge is 2.29. The highest BCUT2D eigenvalue weighted by Crippen LogP contribution is 2.25. The summed E-state index contributed by atoms with van der Waals surface area (Å²) in [6, 6.07) is 4.88. The molecule has 9 nitrogen and oxygen atoms in total. The van der Waals surface area contributed by atoms with E-state index in [2.05, 4.69) is 22.6 Å². The molecular weight excluding hydrogens is 406 g/mol. The van der Waals surface area contributed by atoms with Crippen LogP contribution in [0.25, 0.3) is 11.0 Å². The minimum absolute atomic E-state index is 0.183. The van der Waals surface area contributed by atoms with Crippen LogP contribution in [0.15, 0.2) is 23.1 Å². The molecule has 164 valence electrons. The first-order valence-electron chi connectivity index (χ1n) is 10.7. The summed E-state index contributed by atoms with van der Waals surface area (Å²) in [7, 11) is -3.60. The number of hydrogen-bond donors (Lipinski definition) is 1. The summed E-state index contributed by atoms with van der Waals surface area (Å²) < 4.78 is 27.7. The lowest BCUT2D eigenvalue weighted by molar-refractivity contribution is -0.127. The van der Waals surface area contributed by atoms with E-state index in [0.29, 0.717) is 30.0 Å². The van der Waals surface area contributed by atoms with Crippen molar-refractivity contribution in [1.29, 1.82) is 0 Å². The zero-order chi connectivity index (χ0) is 21.1. The molecule has 30 heavy (non-hydrogen) atoms. The number of carbonyl (C=O) groups is 1. The zero-order valence-electron chi connectivity index (χ0n) is 17.3. The van der Waals surface area contributed by atoms with Crippen molar-refractivity contribution in [3.8, 4) is 0 Å². The molecule has 2 aromatic rings. The molecular formula is C20H29N5O4S. The lowest BCUT2D eigenvalue weighted by atomic mass is 9.95. The average Bonchev–Trinajstić information content (AvgIpc) is 3.15. The van der Waals surface area contributed by atoms with Crippen LogP contribution < -0.4 is 10.2 Å². The third-order valence-electron chi connectivity index (χ3n) is 5.93. The van der Waals surface area contributed by atoms with Crippen molar-refractivity contribution in [2.45, 2.75) is 62.8 Å². The van der Waals surface area contributed by atoms with Crippen molar-refractivity contribution in [3.63, 3.8) is 0 Å². The number of carbonyl (C=O) groups excluding carboxylic acids is 1. The minimum Gasteiger partial charge on any atom is -0.385 e. The van der Waals surface area contributed by atoms with Gasteiger partial charge in [-0.1, -0.05) is 31.0 Å². The minimum atomic E-state index is -3.60. The summed E-state index contributed by atoms with van der Waals surface area (Å²) >= 11 is 0. The van der Waals surface area contributed by atoms with Gasteiger partial charge in [0.1, 0.15) is 11.0 Å². The molecule has 1 unspecified atom stereocenters. The van der Waals surface area contributed by atoms with Crippen molar-refractivity contribution in [2.75, 3.05) is 19.7 Å². The fraction of sp³-hybridized carbons (Fsp3) is 0.650. The number of amides is 1. The lowest BCUT2D eigenvalue weighted by Gasteiger charge is -2.30. The summed E-state index contributed by atoms with van der Waals surface area (Å²) in [5, 5.41) is 10.9. The Morgan fingerprint density at radius 2 is 2.00 bits per heavy atom. The van der Waals surface area contributed by atoms with Crippen molar-refractivity contribution in [3.05, 3.63) is 18.2 Å². The molecule has 1 saturated carbocycles. The molecule has 0 spiro atoms. The van der Waals surface area contributed by atoms with E-state index in [1.807, 2.05) is 0 Å². The molecule has 1 aromatic carbocycles. The highest BCUT2D eigenvalue weighted by molar-refractivity contribution is 7.89. The molecule has 2 fully saturated rings. The first kappa shape index (κ1) is 21.0. The van der Waals surface area contributed by atoms with E-state index < -0.39 is 10.0 Å². The zero-order valence-corrected chi connectivity index (χ0v) is 18.1. The van der Waals surface area contributed by atoms with Crippen molar-refractivity contribution in [2.24, 2.45) is 5.92 Å². The van der Waals surface area contributed by atoms with Crippen LogP contribution in [0.2, 0.25) is 0 Å². The molecule has 1 aliphatic carbocycles. The van der Waals surface area contributed by atoms with Crippen LogP contribution in [0.3, 0.4) is 0 Å². The lowest BCUT2D eigenvalue weighted by Crippen LogP contribution is -2.40. The fourth-order valence-electron chi connectivity index (χ4n) is 4.28. The van der Waals surface area contributed by atoms with Gasteiger partial charge in [0.05, 0.1) is 4.90 Å². The number of nitrogens with zero attached hydrogens (tertiary/aromatic N) is 4. The molecule has 10 heteroatoms. The van der Waals surface area contributed by atoms with Crippen LogP contribution in [-0.2, 0) is 14.8 Å². The molecule has 4 rings (SSSR count). The Labute approximate surface area is 176 Å². The van der Waals surface area contributed by atoms with E-state index in [1.165, 1.54) is 16.8 Å². The standard InChI is InChI=1S/C20H29N5O4S/c1-15-6-5-11-24(13-15)30(27,28)17-9-10-18-19(12-17)25(23-22-18)29-14-20(26)21-16-7-3-2-4-8-16/h9-10,12,15-16H,2-8,11,13-14H2,1H3,(H,21,26). The Morgan fingerprint density at radius 1 is 1.20 bits per heavy atom. The van der Waals surface area contributed by atoms with E-state index in [4.69, 9.17) is 4.84 Å². The molecule has 1 N–H and O–H groups in total. The van der Waals surface area contributed by atoms with Gasteiger partial charge in [0.15, 0.2) is 6.61 Å². The number of fused-ring (bicyclic) bond motifs is 1. The second-order valence-corrected chi connectivity index (χ2v) is 10.3. The van der Waals surface area contributed by atoms with Crippen molar-refractivity contribution in [1.82, 2.24) is 24.8 Å². The average molecular weight is 436 g/mol. The number of piperidine rings is 1. The normalized spacial score (nSPS) is 21.6. The molecule has 1 aliphatic heterocycles. The molecule has 1 aromatic heterocycles. The second kappa shape index (κ2) is 8.89. The molecule has 1 atom stereocenters. The summed E-state index contributed by atoms with van der Waals surface area (Å²) in [6.45, 7) is 2.92. The molecule has 1 amide bonds. The summed E-state index contributed by atoms with van der Waals surface area (Å²) in [4.78, 5) is 19.0. The van der Waals surface area contributed by atoms with Gasteiger partial charge in [0, 0.05) is 19.1 Å². The van der Waals surface area contributed by atoms with Gasteiger partial charge in [-0.15, -0.1) is 5.10 Å². The smallest absolute Gasteiger partial charge is 0.260 e. The Bertz CT molecular complexity index is 1000. The van der Waals surface area contributed by atoms with Crippen LogP contribution in [0, 0.1) is 5.92 Å². The Morgan fingerprint density at radius 3 is 2.77 bits per heavy atom. The van der Waals surface area contributed by atoms with Crippen LogP contribution in [0.4, 0.5) is 0 Å². The maximum Gasteiger partial charge on any atom is 0.260 e. The van der Waals surface area contributed by atoms with E-state index in [1.54, 1.807) is 12.1 Å². The van der Waals surface area contributed by atoms with Crippen LogP contribution in [0.5, 0.6) is 0 Å². The van der Waals surface area contributed by atoms with E-state index >= 15 is 0 Å². The van der Waals surface area contributed by atoms with Gasteiger partial charge >= 0.3 is 0 Å². The van der Waals surface area contributed by atoms with Gasteiger partial charge in [-0.25, -0.2) is 8.42 Å². The molecule has 1 saturated heterocycles. The first-order valence-corrected chi connectivity index (χ1v) is 12.2. The second-order valence-electron chi connectivity index (χ2n) is 8.40. The number of hydrogen-bond acceptors (Lipinski definition) is 6. The van der Waals surface area contributed by atoms with E-state index in [9.17, 15) is 13.2 Å². The number of sulfonamides is 1. The van der Waals surface area contributed by atoms with Crippen molar-refractivity contribution < 1.29 is 18.0 Å². The largest absolute Gasteiger partial charge is 0.385 e. The van der Waals surface area contributed by atoms with Crippen LogP contribution in [-0.4, -0.2) is 59.5 Å². The predicted molar refractivity (Wildman–Crippen MR) is 111 cm³/mol. The number of nitrogens with one attached hydrogen (secondary N) is 1. The highest BCUT2D eigenvalue weighted by atomic mass is 32.2. The fourth-order valence-corrected chi connectivity index (χ4v) is 5.90. The molecule has 2 heterocycles. The van der Waals surface area contributed by atoms with Gasteiger partial charge in [-0.3, -0.25) is 4.79 Å². The molecule has 0 bridgehead atoms. The summed E-state index contributed by atoms with van der Waals surface area (Å²) in [6.07, 6.45) is 7.37. The van der Waals surface area contributed by atoms with Crippen LogP contribution in [0.1, 0.15) is 51.9 Å². The Balaban J connectivity index is 1.46. The number of aromatic nitrogens is 3. The Kier molecular flexibility index (Phi) is 6.24. The quantitative estimate of drug-likeness (QED) is 0.741. The van der Waals surface area contributed by atoms with Gasteiger partial charge < -0.3 is 10.2 Å². The van der Waals surface area contributed by atoms with Gasteiger partial charge in [0.25, 0.3) is 5.91 Å². The van der Waals surface area contributed by atoms with Crippen LogP contribution >= 0.6 is 0 Å². The number of rotatable bonds is 6. The summed E-state index contributed by atoms with van der Waals surface area (Å²) in [5.41, 5.74) is 0.931. The monoisotopic (exact) mass is 435 g/mol. The predicted octanol–water partition coefficient (Wildman–Crippen LogP) is 1.73. The Hall–Kier alpha value is -2.20. The van der Waals surface area contributed by atoms with Crippen molar-refractivity contribution >= 4 is 27.0 Å². The number of benzene rings is 1. The van der Waals surface area contributed by atoms with E-state index in [0.717, 1.165) is 43.4 Å². The van der Waals surface area contributed by atoms with Gasteiger partial charge in [-0.2, -0.15) is 4.31 Å². The van der Waals surface area contributed by atoms with Gasteiger partial charge in [0.2, 0.25) is 10.0 Å². The SMILES string of the molecule is CC1CCCN(S(=O)(=O)c2ccc3nnn(OCC(=O)NC4CCCCC4)c3c2)C1. The molecule has 0 radical (unpaired) electrons. The summed E-state index contributed by atoms with van der Waals surface area (Å²) in [5.74, 6) is 0.132. The first-order chi connectivity index (χ1) is 14.4. The maximum atomic E-state index is 13.1. The third kappa shape index (κ3) is 4.59. The maximum absolute atomic E-state index is 13.1. The topological polar surface area (TPSA) is 106 Å².